The van der Waals surface area contributed by atoms with E-state index in [0.717, 1.165) is 34.5 Å². The predicted molar refractivity (Wildman–Crippen MR) is 126 cm³/mol. The molecule has 4 aromatic rings. The summed E-state index contributed by atoms with van der Waals surface area (Å²) in [6.07, 6.45) is 7.78. The zero-order valence-corrected chi connectivity index (χ0v) is 18.0. The van der Waals surface area contributed by atoms with Crippen molar-refractivity contribution in [1.29, 1.82) is 0 Å². The molecule has 0 spiro atoms. The standard InChI is InChI=1S/C27H26N2O3/c1-2-6-23(16-26(30)31)22-9-11-25(12-10-22)32-19-21-15-24-13-14-29(27(24)28-17-21)18-20-7-4-3-5-8-20/h2-15,17,23H,16,18-19H2,1H3,(H,30,31)/t23-/m1/s1. The molecule has 0 amide bonds. The van der Waals surface area contributed by atoms with Crippen molar-refractivity contribution in [3.63, 3.8) is 0 Å². The van der Waals surface area contributed by atoms with Gasteiger partial charge in [-0.2, -0.15) is 0 Å². The number of pyridine rings is 1. The van der Waals surface area contributed by atoms with Crippen molar-refractivity contribution in [1.82, 2.24) is 9.55 Å². The molecule has 1 N–H and O–H groups in total. The van der Waals surface area contributed by atoms with Crippen LogP contribution in [0, 0.1) is 0 Å². The number of carboxylic acid groups (broad SMARTS) is 1. The number of rotatable bonds is 9. The molecule has 0 aliphatic rings. The van der Waals surface area contributed by atoms with Crippen LogP contribution in [-0.4, -0.2) is 20.6 Å². The Morgan fingerprint density at radius 3 is 2.59 bits per heavy atom. The van der Waals surface area contributed by atoms with E-state index in [2.05, 4.69) is 40.0 Å². The number of fused-ring (bicyclic) bond motifs is 1. The maximum atomic E-state index is 11.1. The van der Waals surface area contributed by atoms with Gasteiger partial charge in [-0.15, -0.1) is 0 Å². The van der Waals surface area contributed by atoms with E-state index >= 15 is 0 Å². The fraction of sp³-hybridized carbons (Fsp3) is 0.185. The molecule has 0 radical (unpaired) electrons. The lowest BCUT2D eigenvalue weighted by atomic mass is 9.95. The summed E-state index contributed by atoms with van der Waals surface area (Å²) in [5.74, 6) is -0.211. The minimum atomic E-state index is -0.811. The smallest absolute Gasteiger partial charge is 0.304 e. The van der Waals surface area contributed by atoms with Gasteiger partial charge in [-0.3, -0.25) is 4.79 Å². The molecule has 2 aromatic carbocycles. The Balaban J connectivity index is 1.41. The third-order valence-corrected chi connectivity index (χ3v) is 5.39. The Labute approximate surface area is 187 Å². The largest absolute Gasteiger partial charge is 0.489 e. The lowest BCUT2D eigenvalue weighted by Gasteiger charge is -2.12. The second kappa shape index (κ2) is 9.96. The number of carboxylic acids is 1. The zero-order chi connectivity index (χ0) is 22.3. The van der Waals surface area contributed by atoms with E-state index in [9.17, 15) is 4.79 Å². The number of allylic oxidation sites excluding steroid dienone is 2. The molecule has 0 saturated carbocycles. The van der Waals surface area contributed by atoms with Crippen LogP contribution in [0.5, 0.6) is 5.75 Å². The van der Waals surface area contributed by atoms with Crippen molar-refractivity contribution in [3.05, 3.63) is 108 Å². The summed E-state index contributed by atoms with van der Waals surface area (Å²) in [5, 5.41) is 10.2. The van der Waals surface area contributed by atoms with E-state index in [1.807, 2.05) is 67.7 Å². The number of nitrogens with zero attached hydrogens (tertiary/aromatic N) is 2. The first-order chi connectivity index (χ1) is 15.6. The van der Waals surface area contributed by atoms with Crippen molar-refractivity contribution in [3.8, 4) is 5.75 Å². The molecule has 5 nitrogen and oxygen atoms in total. The highest BCUT2D eigenvalue weighted by atomic mass is 16.5. The van der Waals surface area contributed by atoms with E-state index in [4.69, 9.17) is 9.84 Å². The van der Waals surface area contributed by atoms with Gasteiger partial charge < -0.3 is 14.4 Å². The molecule has 0 bridgehead atoms. The Morgan fingerprint density at radius 1 is 1.09 bits per heavy atom. The minimum Gasteiger partial charge on any atom is -0.489 e. The monoisotopic (exact) mass is 426 g/mol. The Bertz CT molecular complexity index is 1210. The number of aromatic nitrogens is 2. The van der Waals surface area contributed by atoms with E-state index in [-0.39, 0.29) is 12.3 Å². The fourth-order valence-corrected chi connectivity index (χ4v) is 3.81. The third kappa shape index (κ3) is 5.24. The average Bonchev–Trinajstić information content (AvgIpc) is 3.20. The van der Waals surface area contributed by atoms with Crippen LogP contribution in [0.15, 0.2) is 91.3 Å². The van der Waals surface area contributed by atoms with Crippen LogP contribution >= 0.6 is 0 Å². The molecule has 2 aromatic heterocycles. The van der Waals surface area contributed by atoms with E-state index in [0.29, 0.717) is 6.61 Å². The third-order valence-electron chi connectivity index (χ3n) is 5.39. The molecule has 0 unspecified atom stereocenters. The molecule has 4 rings (SSSR count). The topological polar surface area (TPSA) is 64.3 Å². The highest BCUT2D eigenvalue weighted by Gasteiger charge is 2.12. The highest BCUT2D eigenvalue weighted by Crippen LogP contribution is 2.25. The summed E-state index contributed by atoms with van der Waals surface area (Å²) in [5.41, 5.74) is 4.15. The second-order valence-corrected chi connectivity index (χ2v) is 7.77. The van der Waals surface area contributed by atoms with Crippen LogP contribution in [0.2, 0.25) is 0 Å². The lowest BCUT2D eigenvalue weighted by molar-refractivity contribution is -0.137. The lowest BCUT2D eigenvalue weighted by Crippen LogP contribution is -2.04. The summed E-state index contributed by atoms with van der Waals surface area (Å²) in [6, 6.07) is 22.1. The average molecular weight is 427 g/mol. The normalized spacial score (nSPS) is 12.3. The van der Waals surface area contributed by atoms with Gasteiger partial charge in [0.2, 0.25) is 0 Å². The van der Waals surface area contributed by atoms with Crippen LogP contribution in [0.3, 0.4) is 0 Å². The Morgan fingerprint density at radius 2 is 1.88 bits per heavy atom. The molecule has 1 atom stereocenters. The highest BCUT2D eigenvalue weighted by molar-refractivity contribution is 5.76. The Kier molecular flexibility index (Phi) is 6.66. The van der Waals surface area contributed by atoms with Gasteiger partial charge in [-0.1, -0.05) is 54.6 Å². The van der Waals surface area contributed by atoms with Crippen molar-refractivity contribution >= 4 is 17.0 Å². The number of ether oxygens (including phenoxy) is 1. The van der Waals surface area contributed by atoms with Crippen LogP contribution in [0.25, 0.3) is 11.0 Å². The first-order valence-corrected chi connectivity index (χ1v) is 10.7. The molecule has 0 aliphatic carbocycles. The molecular weight excluding hydrogens is 400 g/mol. The van der Waals surface area contributed by atoms with Gasteiger partial charge in [-0.25, -0.2) is 4.98 Å². The maximum Gasteiger partial charge on any atom is 0.304 e. The van der Waals surface area contributed by atoms with Gasteiger partial charge in [-0.05, 0) is 42.3 Å². The van der Waals surface area contributed by atoms with E-state index in [1.54, 1.807) is 0 Å². The first-order valence-electron chi connectivity index (χ1n) is 10.7. The van der Waals surface area contributed by atoms with Gasteiger partial charge in [0.25, 0.3) is 0 Å². The second-order valence-electron chi connectivity index (χ2n) is 7.77. The molecule has 5 heteroatoms. The maximum absolute atomic E-state index is 11.1. The van der Waals surface area contributed by atoms with Crippen LogP contribution in [-0.2, 0) is 17.9 Å². The van der Waals surface area contributed by atoms with Crippen LogP contribution < -0.4 is 4.74 Å². The molecule has 0 aliphatic heterocycles. The molecule has 32 heavy (non-hydrogen) atoms. The van der Waals surface area contributed by atoms with E-state index in [1.165, 1.54) is 5.56 Å². The Hall–Kier alpha value is -3.86. The van der Waals surface area contributed by atoms with Gasteiger partial charge in [0, 0.05) is 35.8 Å². The predicted octanol–water partition coefficient (Wildman–Crippen LogP) is 5.80. The minimum absolute atomic E-state index is 0.0696. The summed E-state index contributed by atoms with van der Waals surface area (Å²) in [4.78, 5) is 15.8. The number of hydrogen-bond donors (Lipinski definition) is 1. The summed E-state index contributed by atoms with van der Waals surface area (Å²) < 4.78 is 8.08. The van der Waals surface area contributed by atoms with Gasteiger partial charge in [0.05, 0.1) is 6.42 Å². The quantitative estimate of drug-likeness (QED) is 0.344. The summed E-state index contributed by atoms with van der Waals surface area (Å²) in [7, 11) is 0. The van der Waals surface area contributed by atoms with Crippen LogP contribution in [0.4, 0.5) is 0 Å². The first kappa shape index (κ1) is 21.4. The number of benzene rings is 2. The molecule has 0 saturated heterocycles. The SMILES string of the molecule is CC=C[C@H](CC(=O)O)c1ccc(OCc2cnc3c(ccn3Cc3ccccc3)c2)cc1. The number of hydrogen-bond acceptors (Lipinski definition) is 3. The van der Waals surface area contributed by atoms with Crippen molar-refractivity contribution in [2.75, 3.05) is 0 Å². The zero-order valence-electron chi connectivity index (χ0n) is 18.0. The van der Waals surface area contributed by atoms with Crippen molar-refractivity contribution < 1.29 is 14.6 Å². The molecule has 0 fully saturated rings. The van der Waals surface area contributed by atoms with Crippen LogP contribution in [0.1, 0.15) is 36.0 Å². The van der Waals surface area contributed by atoms with Gasteiger partial charge in [0.15, 0.2) is 0 Å². The van der Waals surface area contributed by atoms with E-state index < -0.39 is 5.97 Å². The fourth-order valence-electron chi connectivity index (χ4n) is 3.81. The number of aliphatic carboxylic acids is 1. The molecule has 162 valence electrons. The van der Waals surface area contributed by atoms with Gasteiger partial charge >= 0.3 is 5.97 Å². The molecular formula is C27H26N2O3. The van der Waals surface area contributed by atoms with Crippen molar-refractivity contribution in [2.45, 2.75) is 32.4 Å². The van der Waals surface area contributed by atoms with Crippen molar-refractivity contribution in [2.24, 2.45) is 0 Å². The van der Waals surface area contributed by atoms with Gasteiger partial charge in [0.1, 0.15) is 18.0 Å². The summed E-state index contributed by atoms with van der Waals surface area (Å²) in [6.45, 7) is 3.10. The summed E-state index contributed by atoms with van der Waals surface area (Å²) >= 11 is 0. The number of carbonyl (C=O) groups is 1. The molecule has 2 heterocycles.